The lowest BCUT2D eigenvalue weighted by atomic mass is 10.0. The Kier molecular flexibility index (Phi) is 2.62. The Morgan fingerprint density at radius 1 is 1.56 bits per heavy atom. The largest absolute Gasteiger partial charge is 0.229 e. The van der Waals surface area contributed by atoms with Crippen molar-refractivity contribution in [3.63, 3.8) is 0 Å². The van der Waals surface area contributed by atoms with Crippen LogP contribution in [0.1, 0.15) is 19.3 Å². The van der Waals surface area contributed by atoms with Crippen molar-refractivity contribution in [3.05, 3.63) is 12.2 Å². The van der Waals surface area contributed by atoms with Gasteiger partial charge in [0, 0.05) is 0 Å². The summed E-state index contributed by atoms with van der Waals surface area (Å²) in [6, 6.07) is 0.424. The molecule has 1 aliphatic rings. The van der Waals surface area contributed by atoms with E-state index in [0.717, 1.165) is 19.3 Å². The third-order valence-electron chi connectivity index (χ3n) is 1.48. The predicted molar refractivity (Wildman–Crippen MR) is 41.8 cm³/mol. The summed E-state index contributed by atoms with van der Waals surface area (Å²) in [5, 5.41) is 2.41. The summed E-state index contributed by atoms with van der Waals surface area (Å²) in [6.45, 7) is 0. The molecule has 1 atom stereocenters. The second kappa shape index (κ2) is 3.54. The predicted octanol–water partition coefficient (Wildman–Crippen LogP) is 2.20. The molecule has 48 valence electrons. The van der Waals surface area contributed by atoms with E-state index < -0.39 is 0 Å². The van der Waals surface area contributed by atoms with Gasteiger partial charge in [-0.05, 0) is 31.5 Å². The van der Waals surface area contributed by atoms with Crippen LogP contribution in [-0.2, 0) is 0 Å². The van der Waals surface area contributed by atoms with Crippen molar-refractivity contribution < 1.29 is 0 Å². The Bertz CT molecular complexity index is 156. The molecule has 2 heteroatoms. The number of aliphatic imine (C=N–C) groups is 1. The molecule has 0 heterocycles. The lowest BCUT2D eigenvalue weighted by Crippen LogP contribution is -2.04. The molecular formula is C7H9NS. The highest BCUT2D eigenvalue weighted by molar-refractivity contribution is 7.78. The summed E-state index contributed by atoms with van der Waals surface area (Å²) in [5.41, 5.74) is 0. The lowest BCUT2D eigenvalue weighted by Gasteiger charge is -2.09. The van der Waals surface area contributed by atoms with Gasteiger partial charge in [-0.2, -0.15) is 0 Å². The summed E-state index contributed by atoms with van der Waals surface area (Å²) in [4.78, 5) is 4.00. The van der Waals surface area contributed by atoms with Crippen molar-refractivity contribution in [1.29, 1.82) is 0 Å². The van der Waals surface area contributed by atoms with Gasteiger partial charge in [-0.25, -0.2) is 4.99 Å². The first-order chi connectivity index (χ1) is 4.43. The van der Waals surface area contributed by atoms with Crippen molar-refractivity contribution in [2.45, 2.75) is 25.3 Å². The summed E-state index contributed by atoms with van der Waals surface area (Å²) >= 11 is 4.49. The topological polar surface area (TPSA) is 12.4 Å². The van der Waals surface area contributed by atoms with Gasteiger partial charge in [0.25, 0.3) is 0 Å². The molecule has 0 fully saturated rings. The zero-order chi connectivity index (χ0) is 6.53. The third-order valence-corrected chi connectivity index (χ3v) is 1.58. The number of hydrogen-bond donors (Lipinski definition) is 0. The number of thiocarbonyl (C=S) groups is 1. The Morgan fingerprint density at radius 3 is 3.00 bits per heavy atom. The van der Waals surface area contributed by atoms with Crippen LogP contribution in [0.2, 0.25) is 0 Å². The minimum atomic E-state index is 0.424. The Morgan fingerprint density at radius 2 is 2.44 bits per heavy atom. The number of nitrogens with zero attached hydrogens (tertiary/aromatic N) is 1. The molecule has 0 aromatic rings. The van der Waals surface area contributed by atoms with Crippen LogP contribution in [0.15, 0.2) is 17.1 Å². The molecule has 0 saturated carbocycles. The van der Waals surface area contributed by atoms with E-state index >= 15 is 0 Å². The van der Waals surface area contributed by atoms with Gasteiger partial charge in [0.05, 0.1) is 11.2 Å². The van der Waals surface area contributed by atoms with E-state index in [9.17, 15) is 0 Å². The standard InChI is InChI=1S/C7H9NS/c9-6-8-7-4-2-1-3-5-7/h1-2,7H,3-5H2. The molecule has 9 heavy (non-hydrogen) atoms. The minimum Gasteiger partial charge on any atom is -0.229 e. The highest BCUT2D eigenvalue weighted by Crippen LogP contribution is 2.12. The van der Waals surface area contributed by atoms with Crippen LogP contribution in [0, 0.1) is 0 Å². The Balaban J connectivity index is 2.43. The van der Waals surface area contributed by atoms with Gasteiger partial charge in [0.15, 0.2) is 0 Å². The van der Waals surface area contributed by atoms with E-state index in [0.29, 0.717) is 6.04 Å². The Hall–Kier alpha value is -0.460. The fourth-order valence-corrected chi connectivity index (χ4v) is 1.12. The summed E-state index contributed by atoms with van der Waals surface area (Å²) in [5.74, 6) is 0. The van der Waals surface area contributed by atoms with Crippen LogP contribution in [0.3, 0.4) is 0 Å². The zero-order valence-corrected chi connectivity index (χ0v) is 6.03. The smallest absolute Gasteiger partial charge is 0.0640 e. The summed E-state index contributed by atoms with van der Waals surface area (Å²) in [7, 11) is 0. The molecule has 1 aliphatic carbocycles. The van der Waals surface area contributed by atoms with E-state index in [4.69, 9.17) is 0 Å². The molecule has 0 spiro atoms. The lowest BCUT2D eigenvalue weighted by molar-refractivity contribution is 0.612. The SMILES string of the molecule is S=C=NC1CC=CCC1. The normalized spacial score (nSPS) is 25.1. The fraction of sp³-hybridized carbons (Fsp3) is 0.571. The molecule has 0 aromatic carbocycles. The quantitative estimate of drug-likeness (QED) is 0.308. The molecule has 0 N–H and O–H groups in total. The van der Waals surface area contributed by atoms with Crippen LogP contribution in [0.4, 0.5) is 0 Å². The maximum Gasteiger partial charge on any atom is 0.0640 e. The van der Waals surface area contributed by atoms with Crippen LogP contribution in [0.25, 0.3) is 0 Å². The molecule has 0 amide bonds. The molecule has 1 unspecified atom stereocenters. The molecule has 1 nitrogen and oxygen atoms in total. The number of allylic oxidation sites excluding steroid dienone is 1. The van der Waals surface area contributed by atoms with Gasteiger partial charge in [0.1, 0.15) is 0 Å². The molecule has 0 saturated heterocycles. The molecule has 0 radical (unpaired) electrons. The van der Waals surface area contributed by atoms with E-state index in [1.807, 2.05) is 0 Å². The summed E-state index contributed by atoms with van der Waals surface area (Å²) < 4.78 is 0. The van der Waals surface area contributed by atoms with E-state index in [1.165, 1.54) is 0 Å². The van der Waals surface area contributed by atoms with E-state index in [1.54, 1.807) is 0 Å². The second-order valence-corrected chi connectivity index (χ2v) is 2.34. The fourth-order valence-electron chi connectivity index (χ4n) is 0.969. The van der Waals surface area contributed by atoms with E-state index in [2.05, 4.69) is 34.5 Å². The maximum absolute atomic E-state index is 4.49. The number of rotatable bonds is 1. The van der Waals surface area contributed by atoms with Gasteiger partial charge in [-0.15, -0.1) is 0 Å². The highest BCUT2D eigenvalue weighted by atomic mass is 32.1. The van der Waals surface area contributed by atoms with Gasteiger partial charge < -0.3 is 0 Å². The van der Waals surface area contributed by atoms with Gasteiger partial charge in [-0.3, -0.25) is 0 Å². The number of isothiocyanates is 1. The van der Waals surface area contributed by atoms with Crippen molar-refractivity contribution in [1.82, 2.24) is 0 Å². The zero-order valence-electron chi connectivity index (χ0n) is 5.21. The summed E-state index contributed by atoms with van der Waals surface area (Å²) in [6.07, 6.45) is 7.68. The highest BCUT2D eigenvalue weighted by Gasteiger charge is 2.05. The van der Waals surface area contributed by atoms with Gasteiger partial charge in [0.2, 0.25) is 0 Å². The van der Waals surface area contributed by atoms with Crippen LogP contribution >= 0.6 is 12.2 Å². The average Bonchev–Trinajstić information content (AvgIpc) is 1.91. The van der Waals surface area contributed by atoms with Crippen molar-refractivity contribution >= 4 is 17.4 Å². The van der Waals surface area contributed by atoms with Crippen molar-refractivity contribution in [2.75, 3.05) is 0 Å². The molecule has 0 bridgehead atoms. The first kappa shape index (κ1) is 6.66. The van der Waals surface area contributed by atoms with Gasteiger partial charge in [-0.1, -0.05) is 12.2 Å². The maximum atomic E-state index is 4.49. The van der Waals surface area contributed by atoms with Crippen LogP contribution in [0.5, 0.6) is 0 Å². The first-order valence-electron chi connectivity index (χ1n) is 3.15. The van der Waals surface area contributed by atoms with Crippen LogP contribution in [-0.4, -0.2) is 11.2 Å². The number of hydrogen-bond acceptors (Lipinski definition) is 2. The average molecular weight is 139 g/mol. The molecule has 0 aliphatic heterocycles. The third kappa shape index (κ3) is 2.08. The monoisotopic (exact) mass is 139 g/mol. The van der Waals surface area contributed by atoms with Crippen molar-refractivity contribution in [3.8, 4) is 0 Å². The van der Waals surface area contributed by atoms with Crippen LogP contribution < -0.4 is 0 Å². The van der Waals surface area contributed by atoms with E-state index in [-0.39, 0.29) is 0 Å². The molecule has 1 rings (SSSR count). The van der Waals surface area contributed by atoms with Crippen molar-refractivity contribution in [2.24, 2.45) is 4.99 Å². The second-order valence-electron chi connectivity index (χ2n) is 2.16. The Labute approximate surface area is 60.5 Å². The van der Waals surface area contributed by atoms with Gasteiger partial charge >= 0.3 is 0 Å². The first-order valence-corrected chi connectivity index (χ1v) is 3.56. The molecule has 0 aromatic heterocycles. The minimum absolute atomic E-state index is 0.424. The molecular weight excluding hydrogens is 130 g/mol.